The highest BCUT2D eigenvalue weighted by atomic mass is 32.2. The first-order valence-electron chi connectivity index (χ1n) is 5.37. The first kappa shape index (κ1) is 13.7. The van der Waals surface area contributed by atoms with Crippen molar-refractivity contribution in [2.45, 2.75) is 5.75 Å². The summed E-state index contributed by atoms with van der Waals surface area (Å²) >= 11 is 1.45. The third kappa shape index (κ3) is 4.16. The molecule has 0 fully saturated rings. The summed E-state index contributed by atoms with van der Waals surface area (Å²) in [7, 11) is -3.53. The lowest BCUT2D eigenvalue weighted by atomic mass is 10.2. The van der Waals surface area contributed by atoms with Crippen molar-refractivity contribution in [3.63, 3.8) is 0 Å². The van der Waals surface area contributed by atoms with Gasteiger partial charge in [0, 0.05) is 11.1 Å². The maximum atomic E-state index is 11.8. The van der Waals surface area contributed by atoms with Crippen molar-refractivity contribution in [3.05, 3.63) is 52.2 Å². The van der Waals surface area contributed by atoms with Crippen LogP contribution in [0.2, 0.25) is 0 Å². The van der Waals surface area contributed by atoms with E-state index >= 15 is 0 Å². The van der Waals surface area contributed by atoms with Crippen molar-refractivity contribution in [1.82, 2.24) is 0 Å². The van der Waals surface area contributed by atoms with Crippen molar-refractivity contribution in [3.8, 4) is 0 Å². The molecule has 0 atom stereocenters. The van der Waals surface area contributed by atoms with Gasteiger partial charge in [-0.1, -0.05) is 12.1 Å². The van der Waals surface area contributed by atoms with Gasteiger partial charge in [-0.2, -0.15) is 11.3 Å². The van der Waals surface area contributed by atoms with Crippen LogP contribution in [0.3, 0.4) is 0 Å². The number of carbonyl (C=O) groups is 1. The van der Waals surface area contributed by atoms with Crippen molar-refractivity contribution in [2.75, 3.05) is 5.32 Å². The number of benzene rings is 1. The highest BCUT2D eigenvalue weighted by Gasteiger charge is 2.07. The minimum Gasteiger partial charge on any atom is -0.322 e. The Kier molecular flexibility index (Phi) is 3.98. The molecular weight excluding hydrogens is 284 g/mol. The molecule has 0 spiro atoms. The number of sulfonamides is 1. The summed E-state index contributed by atoms with van der Waals surface area (Å²) in [6.07, 6.45) is 0. The maximum absolute atomic E-state index is 11.8. The molecule has 100 valence electrons. The quantitative estimate of drug-likeness (QED) is 0.901. The van der Waals surface area contributed by atoms with Gasteiger partial charge in [0.05, 0.1) is 11.3 Å². The number of rotatable bonds is 4. The highest BCUT2D eigenvalue weighted by molar-refractivity contribution is 7.88. The SMILES string of the molecule is NS(=O)(=O)Cc1ccc(NC(=O)c2ccsc2)cc1. The van der Waals surface area contributed by atoms with Crippen molar-refractivity contribution < 1.29 is 13.2 Å². The first-order valence-corrected chi connectivity index (χ1v) is 8.03. The Morgan fingerprint density at radius 2 is 1.89 bits per heavy atom. The highest BCUT2D eigenvalue weighted by Crippen LogP contribution is 2.13. The topological polar surface area (TPSA) is 89.3 Å². The molecule has 2 rings (SSSR count). The number of thiophene rings is 1. The second-order valence-electron chi connectivity index (χ2n) is 3.97. The van der Waals surface area contributed by atoms with Crippen LogP contribution < -0.4 is 10.5 Å². The normalized spacial score (nSPS) is 11.2. The smallest absolute Gasteiger partial charge is 0.256 e. The molecule has 3 N–H and O–H groups in total. The average Bonchev–Trinajstić information content (AvgIpc) is 2.83. The van der Waals surface area contributed by atoms with E-state index in [1.807, 2.05) is 5.38 Å². The largest absolute Gasteiger partial charge is 0.322 e. The Morgan fingerprint density at radius 3 is 2.42 bits per heavy atom. The minimum absolute atomic E-state index is 0.194. The maximum Gasteiger partial charge on any atom is 0.256 e. The zero-order chi connectivity index (χ0) is 13.9. The Morgan fingerprint density at radius 1 is 1.21 bits per heavy atom. The Balaban J connectivity index is 2.05. The molecule has 0 radical (unpaired) electrons. The second kappa shape index (κ2) is 5.52. The fraction of sp³-hybridized carbons (Fsp3) is 0.0833. The van der Waals surface area contributed by atoms with Gasteiger partial charge in [-0.05, 0) is 29.1 Å². The van der Waals surface area contributed by atoms with E-state index in [0.717, 1.165) is 0 Å². The fourth-order valence-corrected chi connectivity index (χ4v) is 2.81. The van der Waals surface area contributed by atoms with Crippen molar-refractivity contribution in [1.29, 1.82) is 0 Å². The van der Waals surface area contributed by atoms with E-state index in [-0.39, 0.29) is 11.7 Å². The number of anilines is 1. The Bertz CT molecular complexity index is 662. The van der Waals surface area contributed by atoms with Gasteiger partial charge >= 0.3 is 0 Å². The molecule has 2 aromatic rings. The number of hydrogen-bond acceptors (Lipinski definition) is 4. The lowest BCUT2D eigenvalue weighted by molar-refractivity contribution is 0.102. The molecule has 5 nitrogen and oxygen atoms in total. The van der Waals surface area contributed by atoms with E-state index in [1.54, 1.807) is 35.7 Å². The molecular formula is C12H12N2O3S2. The average molecular weight is 296 g/mol. The standard InChI is InChI=1S/C12H12N2O3S2/c13-19(16,17)8-9-1-3-11(4-2-9)14-12(15)10-5-6-18-7-10/h1-7H,8H2,(H,14,15)(H2,13,16,17). The predicted molar refractivity (Wildman–Crippen MR) is 75.5 cm³/mol. The Hall–Kier alpha value is -1.70. The molecule has 0 unspecified atom stereocenters. The van der Waals surface area contributed by atoms with Crippen LogP contribution in [-0.4, -0.2) is 14.3 Å². The van der Waals surface area contributed by atoms with E-state index in [2.05, 4.69) is 5.32 Å². The van der Waals surface area contributed by atoms with Gasteiger partial charge < -0.3 is 5.32 Å². The van der Waals surface area contributed by atoms with Gasteiger partial charge in [0.1, 0.15) is 0 Å². The van der Waals surface area contributed by atoms with Gasteiger partial charge in [0.2, 0.25) is 10.0 Å². The molecule has 1 amide bonds. The van der Waals surface area contributed by atoms with Crippen LogP contribution in [0, 0.1) is 0 Å². The lowest BCUT2D eigenvalue weighted by Gasteiger charge is -2.05. The summed E-state index contributed by atoms with van der Waals surface area (Å²) in [5.41, 5.74) is 1.78. The number of nitrogens with two attached hydrogens (primary N) is 1. The fourth-order valence-electron chi connectivity index (χ4n) is 1.51. The molecule has 1 heterocycles. The number of primary sulfonamides is 1. The van der Waals surface area contributed by atoms with Crippen LogP contribution in [0.25, 0.3) is 0 Å². The summed E-state index contributed by atoms with van der Waals surface area (Å²) in [4.78, 5) is 11.8. The molecule has 0 aliphatic carbocycles. The minimum atomic E-state index is -3.53. The van der Waals surface area contributed by atoms with Gasteiger partial charge in [-0.25, -0.2) is 13.6 Å². The first-order chi connectivity index (χ1) is 8.94. The van der Waals surface area contributed by atoms with E-state index in [1.165, 1.54) is 11.3 Å². The number of hydrogen-bond donors (Lipinski definition) is 2. The molecule has 0 saturated carbocycles. The van der Waals surface area contributed by atoms with Gasteiger partial charge in [-0.3, -0.25) is 4.79 Å². The van der Waals surface area contributed by atoms with Crippen LogP contribution in [0.4, 0.5) is 5.69 Å². The second-order valence-corrected chi connectivity index (χ2v) is 6.36. The Labute approximate surface area is 115 Å². The molecule has 0 aliphatic rings. The summed E-state index contributed by atoms with van der Waals surface area (Å²) in [5, 5.41) is 11.3. The lowest BCUT2D eigenvalue weighted by Crippen LogP contribution is -2.14. The molecule has 19 heavy (non-hydrogen) atoms. The third-order valence-corrected chi connectivity index (χ3v) is 3.78. The summed E-state index contributed by atoms with van der Waals surface area (Å²) in [5.74, 6) is -0.411. The molecule has 1 aromatic heterocycles. The van der Waals surface area contributed by atoms with Crippen molar-refractivity contribution in [2.24, 2.45) is 5.14 Å². The van der Waals surface area contributed by atoms with Crippen LogP contribution in [-0.2, 0) is 15.8 Å². The summed E-state index contributed by atoms with van der Waals surface area (Å²) in [6.45, 7) is 0. The summed E-state index contributed by atoms with van der Waals surface area (Å²) in [6, 6.07) is 8.26. The number of carbonyl (C=O) groups excluding carboxylic acids is 1. The molecule has 0 saturated heterocycles. The van der Waals surface area contributed by atoms with E-state index in [0.29, 0.717) is 16.8 Å². The van der Waals surface area contributed by atoms with E-state index in [9.17, 15) is 13.2 Å². The number of nitrogens with one attached hydrogen (secondary N) is 1. The van der Waals surface area contributed by atoms with Crippen LogP contribution in [0.5, 0.6) is 0 Å². The van der Waals surface area contributed by atoms with E-state index in [4.69, 9.17) is 5.14 Å². The van der Waals surface area contributed by atoms with Gasteiger partial charge in [0.15, 0.2) is 0 Å². The van der Waals surface area contributed by atoms with Gasteiger partial charge in [0.25, 0.3) is 5.91 Å². The van der Waals surface area contributed by atoms with Crippen LogP contribution in [0.1, 0.15) is 15.9 Å². The molecule has 7 heteroatoms. The monoisotopic (exact) mass is 296 g/mol. The zero-order valence-electron chi connectivity index (χ0n) is 9.87. The van der Waals surface area contributed by atoms with Crippen LogP contribution >= 0.6 is 11.3 Å². The molecule has 0 bridgehead atoms. The summed E-state index contributed by atoms with van der Waals surface area (Å²) < 4.78 is 21.9. The molecule has 1 aromatic carbocycles. The van der Waals surface area contributed by atoms with E-state index < -0.39 is 10.0 Å². The zero-order valence-corrected chi connectivity index (χ0v) is 11.5. The molecule has 0 aliphatic heterocycles. The van der Waals surface area contributed by atoms with Crippen LogP contribution in [0.15, 0.2) is 41.1 Å². The van der Waals surface area contributed by atoms with Gasteiger partial charge in [-0.15, -0.1) is 0 Å². The number of amides is 1. The third-order valence-electron chi connectivity index (χ3n) is 2.36. The van der Waals surface area contributed by atoms with Crippen molar-refractivity contribution >= 4 is 33.0 Å². The predicted octanol–water partition coefficient (Wildman–Crippen LogP) is 1.79.